The summed E-state index contributed by atoms with van der Waals surface area (Å²) < 4.78 is 0. The number of nitrogens with one attached hydrogen (secondary N) is 1. The third-order valence-corrected chi connectivity index (χ3v) is 4.60. The lowest BCUT2D eigenvalue weighted by molar-refractivity contribution is 0.237. The molecule has 0 aromatic carbocycles. The van der Waals surface area contributed by atoms with Gasteiger partial charge in [0.2, 0.25) is 0 Å². The summed E-state index contributed by atoms with van der Waals surface area (Å²) in [5.74, 6) is 3.97. The standard InChI is InChI=1S/C16H29NO/c1-12(2)7-14(5-6-18)10-17-11-16-9-13-3-4-15(16)8-13/h3-4,12-18H,5-11H2,1-2H3. The number of hydrogen-bond acceptors (Lipinski definition) is 2. The van der Waals surface area contributed by atoms with Crippen molar-refractivity contribution < 1.29 is 5.11 Å². The molecule has 2 nitrogen and oxygen atoms in total. The molecule has 0 spiro atoms. The van der Waals surface area contributed by atoms with Crippen molar-refractivity contribution >= 4 is 0 Å². The molecule has 4 unspecified atom stereocenters. The third kappa shape index (κ3) is 3.83. The van der Waals surface area contributed by atoms with Crippen LogP contribution >= 0.6 is 0 Å². The number of fused-ring (bicyclic) bond motifs is 2. The zero-order valence-corrected chi connectivity index (χ0v) is 11.9. The van der Waals surface area contributed by atoms with Crippen LogP contribution in [0, 0.1) is 29.6 Å². The number of aliphatic hydroxyl groups is 1. The van der Waals surface area contributed by atoms with Crippen LogP contribution < -0.4 is 5.32 Å². The fraction of sp³-hybridized carbons (Fsp3) is 0.875. The molecule has 0 heterocycles. The molecule has 1 fully saturated rings. The summed E-state index contributed by atoms with van der Waals surface area (Å²) in [6, 6.07) is 0. The van der Waals surface area contributed by atoms with Crippen molar-refractivity contribution in [2.24, 2.45) is 29.6 Å². The van der Waals surface area contributed by atoms with Crippen LogP contribution in [0.25, 0.3) is 0 Å². The molecule has 0 radical (unpaired) electrons. The highest BCUT2D eigenvalue weighted by atomic mass is 16.3. The quantitative estimate of drug-likeness (QED) is 0.650. The van der Waals surface area contributed by atoms with E-state index in [-0.39, 0.29) is 0 Å². The van der Waals surface area contributed by atoms with E-state index in [0.717, 1.165) is 36.6 Å². The molecule has 2 aliphatic rings. The fourth-order valence-corrected chi connectivity index (χ4v) is 3.75. The van der Waals surface area contributed by atoms with Crippen molar-refractivity contribution in [1.82, 2.24) is 5.32 Å². The Morgan fingerprint density at radius 1 is 1.28 bits per heavy atom. The zero-order chi connectivity index (χ0) is 13.0. The minimum Gasteiger partial charge on any atom is -0.396 e. The van der Waals surface area contributed by atoms with Crippen molar-refractivity contribution in [3.05, 3.63) is 12.2 Å². The smallest absolute Gasteiger partial charge is 0.0434 e. The number of rotatable bonds is 8. The zero-order valence-electron chi connectivity index (χ0n) is 11.9. The molecular weight excluding hydrogens is 222 g/mol. The Balaban J connectivity index is 1.65. The lowest BCUT2D eigenvalue weighted by atomic mass is 9.92. The summed E-state index contributed by atoms with van der Waals surface area (Å²) in [6.45, 7) is 7.12. The van der Waals surface area contributed by atoms with Crippen LogP contribution in [0.4, 0.5) is 0 Å². The Morgan fingerprint density at radius 2 is 2.11 bits per heavy atom. The van der Waals surface area contributed by atoms with Crippen LogP contribution in [0.15, 0.2) is 12.2 Å². The van der Waals surface area contributed by atoms with Gasteiger partial charge in [0.1, 0.15) is 0 Å². The first kappa shape index (κ1) is 14.1. The van der Waals surface area contributed by atoms with E-state index in [1.165, 1.54) is 25.8 Å². The van der Waals surface area contributed by atoms with E-state index in [9.17, 15) is 0 Å². The van der Waals surface area contributed by atoms with Crippen LogP contribution in [0.3, 0.4) is 0 Å². The SMILES string of the molecule is CC(C)CC(CCO)CNCC1CC2C=CC1C2. The minimum absolute atomic E-state index is 0.329. The Kier molecular flexibility index (Phi) is 5.25. The van der Waals surface area contributed by atoms with E-state index >= 15 is 0 Å². The molecule has 4 atom stereocenters. The first-order chi connectivity index (χ1) is 8.69. The second-order valence-corrected chi connectivity index (χ2v) is 6.71. The molecule has 18 heavy (non-hydrogen) atoms. The summed E-state index contributed by atoms with van der Waals surface area (Å²) >= 11 is 0. The molecule has 0 aromatic heterocycles. The second kappa shape index (κ2) is 6.72. The van der Waals surface area contributed by atoms with Gasteiger partial charge in [0, 0.05) is 6.61 Å². The van der Waals surface area contributed by atoms with E-state index in [2.05, 4.69) is 31.3 Å². The van der Waals surface area contributed by atoms with Gasteiger partial charge in [-0.1, -0.05) is 26.0 Å². The van der Waals surface area contributed by atoms with Crippen molar-refractivity contribution in [3.8, 4) is 0 Å². The highest BCUT2D eigenvalue weighted by molar-refractivity contribution is 5.10. The molecule has 2 heteroatoms. The largest absolute Gasteiger partial charge is 0.396 e. The maximum absolute atomic E-state index is 9.11. The Bertz CT molecular complexity index is 274. The molecule has 2 rings (SSSR count). The van der Waals surface area contributed by atoms with E-state index < -0.39 is 0 Å². The average molecular weight is 251 g/mol. The van der Waals surface area contributed by atoms with E-state index in [0.29, 0.717) is 12.5 Å². The highest BCUT2D eigenvalue weighted by Crippen LogP contribution is 2.42. The molecule has 0 saturated heterocycles. The summed E-state index contributed by atoms with van der Waals surface area (Å²) in [7, 11) is 0. The minimum atomic E-state index is 0.329. The van der Waals surface area contributed by atoms with Crippen LogP contribution in [0.1, 0.15) is 39.5 Å². The van der Waals surface area contributed by atoms with Crippen LogP contribution in [0.2, 0.25) is 0 Å². The van der Waals surface area contributed by atoms with Gasteiger partial charge in [-0.15, -0.1) is 0 Å². The predicted molar refractivity (Wildman–Crippen MR) is 76.4 cm³/mol. The van der Waals surface area contributed by atoms with Gasteiger partial charge in [-0.05, 0) is 68.4 Å². The van der Waals surface area contributed by atoms with Crippen LogP contribution in [0.5, 0.6) is 0 Å². The molecule has 1 saturated carbocycles. The summed E-state index contributed by atoms with van der Waals surface area (Å²) in [5, 5.41) is 12.8. The van der Waals surface area contributed by atoms with Gasteiger partial charge in [-0.3, -0.25) is 0 Å². The number of hydrogen-bond donors (Lipinski definition) is 2. The van der Waals surface area contributed by atoms with Crippen molar-refractivity contribution in [1.29, 1.82) is 0 Å². The Morgan fingerprint density at radius 3 is 2.67 bits per heavy atom. The highest BCUT2D eigenvalue weighted by Gasteiger charge is 2.35. The molecule has 104 valence electrons. The predicted octanol–water partition coefficient (Wildman–Crippen LogP) is 2.83. The number of allylic oxidation sites excluding steroid dienone is 2. The van der Waals surface area contributed by atoms with Gasteiger partial charge in [0.25, 0.3) is 0 Å². The molecule has 0 aromatic rings. The first-order valence-electron chi connectivity index (χ1n) is 7.69. The van der Waals surface area contributed by atoms with Gasteiger partial charge in [-0.2, -0.15) is 0 Å². The first-order valence-corrected chi connectivity index (χ1v) is 7.69. The average Bonchev–Trinajstić information content (AvgIpc) is 2.90. The normalized spacial score (nSPS) is 31.4. The number of aliphatic hydroxyl groups excluding tert-OH is 1. The molecule has 2 aliphatic carbocycles. The van der Waals surface area contributed by atoms with Gasteiger partial charge in [0.05, 0.1) is 0 Å². The van der Waals surface area contributed by atoms with Crippen LogP contribution in [-0.4, -0.2) is 24.8 Å². The summed E-state index contributed by atoms with van der Waals surface area (Å²) in [5.41, 5.74) is 0. The van der Waals surface area contributed by atoms with Gasteiger partial charge >= 0.3 is 0 Å². The van der Waals surface area contributed by atoms with Gasteiger partial charge in [0.15, 0.2) is 0 Å². The Labute approximate surface area is 112 Å². The summed E-state index contributed by atoms with van der Waals surface area (Å²) in [6.07, 6.45) is 9.81. The van der Waals surface area contributed by atoms with Gasteiger partial charge < -0.3 is 10.4 Å². The third-order valence-electron chi connectivity index (χ3n) is 4.60. The van der Waals surface area contributed by atoms with E-state index in [4.69, 9.17) is 5.11 Å². The van der Waals surface area contributed by atoms with E-state index in [1.807, 2.05) is 0 Å². The summed E-state index contributed by atoms with van der Waals surface area (Å²) in [4.78, 5) is 0. The molecule has 0 amide bonds. The lowest BCUT2D eigenvalue weighted by Gasteiger charge is -2.22. The van der Waals surface area contributed by atoms with E-state index in [1.54, 1.807) is 0 Å². The van der Waals surface area contributed by atoms with Gasteiger partial charge in [-0.25, -0.2) is 0 Å². The maximum atomic E-state index is 9.11. The molecule has 0 aliphatic heterocycles. The van der Waals surface area contributed by atoms with Crippen LogP contribution in [-0.2, 0) is 0 Å². The lowest BCUT2D eigenvalue weighted by Crippen LogP contribution is -2.30. The van der Waals surface area contributed by atoms with Crippen molar-refractivity contribution in [2.45, 2.75) is 39.5 Å². The topological polar surface area (TPSA) is 32.3 Å². The molecular formula is C16H29NO. The van der Waals surface area contributed by atoms with Crippen molar-refractivity contribution in [3.63, 3.8) is 0 Å². The maximum Gasteiger partial charge on any atom is 0.0434 e. The second-order valence-electron chi connectivity index (χ2n) is 6.71. The fourth-order valence-electron chi connectivity index (χ4n) is 3.75. The molecule has 2 bridgehead atoms. The molecule has 2 N–H and O–H groups in total. The van der Waals surface area contributed by atoms with Crippen molar-refractivity contribution in [2.75, 3.05) is 19.7 Å². The Hall–Kier alpha value is -0.340. The monoisotopic (exact) mass is 251 g/mol.